The molecule has 0 aliphatic carbocycles. The molecular formula is C19H13F5N4O2. The lowest BCUT2D eigenvalue weighted by Crippen LogP contribution is -2.21. The highest BCUT2D eigenvalue weighted by atomic mass is 19.4. The summed E-state index contributed by atoms with van der Waals surface area (Å²) in [5, 5.41) is 0. The van der Waals surface area contributed by atoms with Gasteiger partial charge in [0.15, 0.2) is 5.82 Å². The van der Waals surface area contributed by atoms with E-state index in [1.54, 1.807) is 12.1 Å². The first-order chi connectivity index (χ1) is 14.3. The molecule has 0 amide bonds. The van der Waals surface area contributed by atoms with Gasteiger partial charge in [-0.3, -0.25) is 9.36 Å². The SMILES string of the molecule is O=C(Cn1c(C(F)(F)F)nc2ccccc21)OCc1nc2ccccc2n1C(F)F. The Kier molecular flexibility index (Phi) is 4.88. The van der Waals surface area contributed by atoms with Crippen LogP contribution in [0.15, 0.2) is 48.5 Å². The van der Waals surface area contributed by atoms with Crippen molar-refractivity contribution in [3.05, 3.63) is 60.2 Å². The maximum atomic E-state index is 13.4. The highest BCUT2D eigenvalue weighted by molar-refractivity contribution is 5.79. The van der Waals surface area contributed by atoms with Crippen LogP contribution in [-0.2, 0) is 28.9 Å². The van der Waals surface area contributed by atoms with Gasteiger partial charge in [-0.25, -0.2) is 9.97 Å². The van der Waals surface area contributed by atoms with Gasteiger partial charge in [0.2, 0.25) is 5.82 Å². The van der Waals surface area contributed by atoms with Crippen LogP contribution in [0.2, 0.25) is 0 Å². The number of esters is 1. The van der Waals surface area contributed by atoms with Crippen LogP contribution in [0.1, 0.15) is 18.2 Å². The van der Waals surface area contributed by atoms with Gasteiger partial charge in [0.25, 0.3) is 0 Å². The lowest BCUT2D eigenvalue weighted by molar-refractivity contribution is -0.151. The number of carbonyl (C=O) groups excluding carboxylic acids is 1. The first kappa shape index (κ1) is 19.8. The van der Waals surface area contributed by atoms with Crippen LogP contribution >= 0.6 is 0 Å². The fourth-order valence-electron chi connectivity index (χ4n) is 3.19. The van der Waals surface area contributed by atoms with Gasteiger partial charge in [-0.15, -0.1) is 0 Å². The minimum atomic E-state index is -4.79. The second-order valence-corrected chi connectivity index (χ2v) is 6.33. The molecule has 156 valence electrons. The van der Waals surface area contributed by atoms with E-state index < -0.39 is 37.7 Å². The number of benzene rings is 2. The Labute approximate surface area is 165 Å². The van der Waals surface area contributed by atoms with Crippen molar-refractivity contribution in [3.8, 4) is 0 Å². The summed E-state index contributed by atoms with van der Waals surface area (Å²) < 4.78 is 73.1. The molecule has 0 bridgehead atoms. The summed E-state index contributed by atoms with van der Waals surface area (Å²) in [6.07, 6.45) is -4.79. The van der Waals surface area contributed by atoms with E-state index in [9.17, 15) is 26.7 Å². The van der Waals surface area contributed by atoms with E-state index in [0.29, 0.717) is 9.13 Å². The van der Waals surface area contributed by atoms with E-state index in [0.717, 1.165) is 0 Å². The van der Waals surface area contributed by atoms with Crippen LogP contribution in [0.4, 0.5) is 22.0 Å². The van der Waals surface area contributed by atoms with E-state index in [-0.39, 0.29) is 27.9 Å². The number of imidazole rings is 2. The molecule has 0 saturated carbocycles. The summed E-state index contributed by atoms with van der Waals surface area (Å²) in [4.78, 5) is 19.8. The van der Waals surface area contributed by atoms with Gasteiger partial charge in [-0.2, -0.15) is 22.0 Å². The molecule has 0 N–H and O–H groups in total. The van der Waals surface area contributed by atoms with Gasteiger partial charge in [-0.05, 0) is 24.3 Å². The highest BCUT2D eigenvalue weighted by Gasteiger charge is 2.38. The molecule has 0 aliphatic heterocycles. The number of ether oxygens (including phenoxy) is 1. The smallest absolute Gasteiger partial charge is 0.449 e. The number of nitrogens with zero attached hydrogens (tertiary/aromatic N) is 4. The van der Waals surface area contributed by atoms with Crippen LogP contribution in [0.3, 0.4) is 0 Å². The van der Waals surface area contributed by atoms with Crippen molar-refractivity contribution in [2.75, 3.05) is 0 Å². The van der Waals surface area contributed by atoms with Gasteiger partial charge in [-0.1, -0.05) is 24.3 Å². The van der Waals surface area contributed by atoms with Gasteiger partial charge < -0.3 is 9.30 Å². The average molecular weight is 424 g/mol. The van der Waals surface area contributed by atoms with Gasteiger partial charge >= 0.3 is 18.7 Å². The Hall–Kier alpha value is -3.50. The molecule has 2 aromatic carbocycles. The van der Waals surface area contributed by atoms with Crippen molar-refractivity contribution in [2.24, 2.45) is 0 Å². The largest absolute Gasteiger partial charge is 0.456 e. The number of aromatic nitrogens is 4. The second-order valence-electron chi connectivity index (χ2n) is 6.33. The fraction of sp³-hybridized carbons (Fsp3) is 0.211. The lowest BCUT2D eigenvalue weighted by atomic mass is 10.3. The topological polar surface area (TPSA) is 61.9 Å². The number of alkyl halides is 5. The minimum Gasteiger partial charge on any atom is -0.456 e. The summed E-state index contributed by atoms with van der Waals surface area (Å²) in [5.74, 6) is -2.51. The molecule has 6 nitrogen and oxygen atoms in total. The molecule has 0 saturated heterocycles. The zero-order valence-corrected chi connectivity index (χ0v) is 15.1. The molecule has 2 aromatic heterocycles. The molecule has 0 unspecified atom stereocenters. The zero-order chi connectivity index (χ0) is 21.5. The van der Waals surface area contributed by atoms with Crippen LogP contribution < -0.4 is 0 Å². The molecule has 2 heterocycles. The lowest BCUT2D eigenvalue weighted by Gasteiger charge is -2.12. The summed E-state index contributed by atoms with van der Waals surface area (Å²) >= 11 is 0. The average Bonchev–Trinajstić information content (AvgIpc) is 3.25. The molecule has 4 aromatic rings. The minimum absolute atomic E-state index is 0.0668. The molecule has 30 heavy (non-hydrogen) atoms. The summed E-state index contributed by atoms with van der Waals surface area (Å²) in [6.45, 7) is -4.34. The van der Waals surface area contributed by atoms with Crippen molar-refractivity contribution in [1.82, 2.24) is 19.1 Å². The molecule has 0 spiro atoms. The number of rotatable bonds is 5. The number of fused-ring (bicyclic) bond motifs is 2. The Morgan fingerprint density at radius 3 is 2.20 bits per heavy atom. The van der Waals surface area contributed by atoms with Gasteiger partial charge in [0.1, 0.15) is 13.2 Å². The van der Waals surface area contributed by atoms with Crippen LogP contribution in [0.25, 0.3) is 22.1 Å². The summed E-state index contributed by atoms with van der Waals surface area (Å²) in [5.41, 5.74) is 0.598. The predicted octanol–water partition coefficient (Wildman–Crippen LogP) is 4.54. The van der Waals surface area contributed by atoms with E-state index in [1.807, 2.05) is 0 Å². The van der Waals surface area contributed by atoms with E-state index >= 15 is 0 Å². The number of hydrogen-bond donors (Lipinski definition) is 0. The highest BCUT2D eigenvalue weighted by Crippen LogP contribution is 2.31. The first-order valence-corrected chi connectivity index (χ1v) is 8.68. The Balaban J connectivity index is 1.58. The number of carbonyl (C=O) groups is 1. The Morgan fingerprint density at radius 2 is 1.57 bits per heavy atom. The number of hydrogen-bond acceptors (Lipinski definition) is 4. The third-order valence-corrected chi connectivity index (χ3v) is 4.42. The standard InChI is InChI=1S/C19H13F5N4O2/c20-18(21)28-14-8-4-2-6-12(14)25-15(28)10-30-16(29)9-27-13-7-3-1-5-11(13)26-17(27)19(22,23)24/h1-8,18H,9-10H2. The third kappa shape index (κ3) is 3.58. The predicted molar refractivity (Wildman–Crippen MR) is 95.5 cm³/mol. The molecule has 4 rings (SSSR count). The van der Waals surface area contributed by atoms with E-state index in [4.69, 9.17) is 4.74 Å². The molecule has 0 aliphatic rings. The van der Waals surface area contributed by atoms with Crippen LogP contribution in [-0.4, -0.2) is 25.1 Å². The first-order valence-electron chi connectivity index (χ1n) is 8.68. The van der Waals surface area contributed by atoms with E-state index in [2.05, 4.69) is 9.97 Å². The third-order valence-electron chi connectivity index (χ3n) is 4.42. The molecule has 11 heteroatoms. The van der Waals surface area contributed by atoms with Crippen molar-refractivity contribution < 1.29 is 31.5 Å². The van der Waals surface area contributed by atoms with Crippen molar-refractivity contribution in [2.45, 2.75) is 25.9 Å². The Bertz CT molecular complexity index is 1230. The van der Waals surface area contributed by atoms with Crippen LogP contribution in [0, 0.1) is 0 Å². The normalized spacial score (nSPS) is 12.2. The van der Waals surface area contributed by atoms with Gasteiger partial charge in [0.05, 0.1) is 22.1 Å². The molecule has 0 fully saturated rings. The maximum absolute atomic E-state index is 13.4. The molecular weight excluding hydrogens is 411 g/mol. The summed E-state index contributed by atoms with van der Waals surface area (Å²) in [7, 11) is 0. The fourth-order valence-corrected chi connectivity index (χ4v) is 3.19. The monoisotopic (exact) mass is 424 g/mol. The maximum Gasteiger partial charge on any atom is 0.449 e. The van der Waals surface area contributed by atoms with Gasteiger partial charge in [0, 0.05) is 0 Å². The quantitative estimate of drug-likeness (QED) is 0.349. The number of para-hydroxylation sites is 4. The second kappa shape index (κ2) is 7.39. The number of halogens is 5. The summed E-state index contributed by atoms with van der Waals surface area (Å²) in [6, 6.07) is 11.9. The van der Waals surface area contributed by atoms with Crippen molar-refractivity contribution >= 4 is 28.0 Å². The molecule has 0 radical (unpaired) electrons. The van der Waals surface area contributed by atoms with Crippen molar-refractivity contribution in [3.63, 3.8) is 0 Å². The Morgan fingerprint density at radius 1 is 0.967 bits per heavy atom. The zero-order valence-electron chi connectivity index (χ0n) is 15.1. The molecule has 0 atom stereocenters. The van der Waals surface area contributed by atoms with Crippen LogP contribution in [0.5, 0.6) is 0 Å². The van der Waals surface area contributed by atoms with Crippen molar-refractivity contribution in [1.29, 1.82) is 0 Å². The van der Waals surface area contributed by atoms with E-state index in [1.165, 1.54) is 36.4 Å².